The summed E-state index contributed by atoms with van der Waals surface area (Å²) in [5.41, 5.74) is 2.47. The molecule has 1 N–H and O–H groups in total. The minimum Gasteiger partial charge on any atom is -0.312 e. The van der Waals surface area contributed by atoms with Gasteiger partial charge >= 0.3 is 0 Å². The fourth-order valence-corrected chi connectivity index (χ4v) is 2.35. The molecule has 20 heavy (non-hydrogen) atoms. The van der Waals surface area contributed by atoms with Gasteiger partial charge in [-0.05, 0) is 46.9 Å². The standard InChI is InChI=1S/C15H21BrN4/c1-4-14-12(8-17-7-11(2)3)9-19-20(14)15-6-5-13(16)10-18-15/h5-6,9-11,17H,4,7-8H2,1-3H3. The van der Waals surface area contributed by atoms with E-state index in [1.54, 1.807) is 6.20 Å². The van der Waals surface area contributed by atoms with Gasteiger partial charge < -0.3 is 5.32 Å². The highest BCUT2D eigenvalue weighted by Gasteiger charge is 2.11. The fourth-order valence-electron chi connectivity index (χ4n) is 2.12. The van der Waals surface area contributed by atoms with Crippen LogP contribution in [0.1, 0.15) is 32.0 Å². The summed E-state index contributed by atoms with van der Waals surface area (Å²) in [6, 6.07) is 3.96. The van der Waals surface area contributed by atoms with Crippen LogP contribution in [0.2, 0.25) is 0 Å². The summed E-state index contributed by atoms with van der Waals surface area (Å²) in [6.45, 7) is 8.45. The second kappa shape index (κ2) is 6.99. The van der Waals surface area contributed by atoms with Gasteiger partial charge in [-0.15, -0.1) is 0 Å². The first kappa shape index (κ1) is 15.2. The smallest absolute Gasteiger partial charge is 0.153 e. The minimum absolute atomic E-state index is 0.656. The van der Waals surface area contributed by atoms with Crippen LogP contribution in [0.3, 0.4) is 0 Å². The molecule has 0 amide bonds. The number of nitrogens with one attached hydrogen (secondary N) is 1. The summed E-state index contributed by atoms with van der Waals surface area (Å²) in [5.74, 6) is 1.52. The van der Waals surface area contributed by atoms with Crippen molar-refractivity contribution in [2.75, 3.05) is 6.54 Å². The van der Waals surface area contributed by atoms with Gasteiger partial charge in [-0.25, -0.2) is 9.67 Å². The van der Waals surface area contributed by atoms with Crippen LogP contribution < -0.4 is 5.32 Å². The van der Waals surface area contributed by atoms with Crippen LogP contribution >= 0.6 is 15.9 Å². The zero-order chi connectivity index (χ0) is 14.5. The molecule has 108 valence electrons. The van der Waals surface area contributed by atoms with Crippen molar-refractivity contribution in [3.63, 3.8) is 0 Å². The van der Waals surface area contributed by atoms with Crippen molar-refractivity contribution in [2.24, 2.45) is 5.92 Å². The predicted octanol–water partition coefficient (Wildman–Crippen LogP) is 3.34. The van der Waals surface area contributed by atoms with E-state index in [-0.39, 0.29) is 0 Å². The normalized spacial score (nSPS) is 11.2. The predicted molar refractivity (Wildman–Crippen MR) is 85.0 cm³/mol. The van der Waals surface area contributed by atoms with Crippen LogP contribution in [0.5, 0.6) is 0 Å². The van der Waals surface area contributed by atoms with Crippen molar-refractivity contribution in [3.05, 3.63) is 40.3 Å². The number of rotatable bonds is 6. The highest BCUT2D eigenvalue weighted by Crippen LogP contribution is 2.16. The van der Waals surface area contributed by atoms with Gasteiger partial charge in [0.05, 0.1) is 11.9 Å². The van der Waals surface area contributed by atoms with Crippen LogP contribution in [0.25, 0.3) is 5.82 Å². The van der Waals surface area contributed by atoms with Crippen LogP contribution in [0.4, 0.5) is 0 Å². The number of aromatic nitrogens is 3. The van der Waals surface area contributed by atoms with Gasteiger partial charge in [-0.3, -0.25) is 0 Å². The molecule has 0 saturated carbocycles. The topological polar surface area (TPSA) is 42.7 Å². The van der Waals surface area contributed by atoms with Gasteiger partial charge in [0.15, 0.2) is 5.82 Å². The molecular weight excluding hydrogens is 316 g/mol. The number of nitrogens with zero attached hydrogens (tertiary/aromatic N) is 3. The van der Waals surface area contributed by atoms with E-state index in [1.165, 1.54) is 11.3 Å². The third kappa shape index (κ3) is 3.67. The second-order valence-corrected chi connectivity index (χ2v) is 6.16. The molecule has 5 heteroatoms. The van der Waals surface area contributed by atoms with Crippen LogP contribution in [0, 0.1) is 5.92 Å². The van der Waals surface area contributed by atoms with Crippen molar-refractivity contribution in [3.8, 4) is 5.82 Å². The van der Waals surface area contributed by atoms with E-state index < -0.39 is 0 Å². The molecule has 0 unspecified atom stereocenters. The summed E-state index contributed by atoms with van der Waals surface area (Å²) < 4.78 is 2.91. The lowest BCUT2D eigenvalue weighted by atomic mass is 10.2. The molecule has 0 fully saturated rings. The third-order valence-corrected chi connectivity index (χ3v) is 3.56. The van der Waals surface area contributed by atoms with Crippen molar-refractivity contribution in [1.82, 2.24) is 20.1 Å². The quantitative estimate of drug-likeness (QED) is 0.879. The largest absolute Gasteiger partial charge is 0.312 e. The zero-order valence-corrected chi connectivity index (χ0v) is 13.8. The van der Waals surface area contributed by atoms with E-state index >= 15 is 0 Å². The molecule has 0 aromatic carbocycles. The fraction of sp³-hybridized carbons (Fsp3) is 0.467. The summed E-state index contributed by atoms with van der Waals surface area (Å²) in [7, 11) is 0. The molecule has 0 aliphatic carbocycles. The number of hydrogen-bond acceptors (Lipinski definition) is 3. The lowest BCUT2D eigenvalue weighted by molar-refractivity contribution is 0.551. The Morgan fingerprint density at radius 2 is 2.10 bits per heavy atom. The summed E-state index contributed by atoms with van der Waals surface area (Å²) in [4.78, 5) is 4.41. The average Bonchev–Trinajstić information content (AvgIpc) is 2.82. The molecule has 0 aliphatic rings. The van der Waals surface area contributed by atoms with E-state index in [4.69, 9.17) is 0 Å². The molecule has 0 bridgehead atoms. The van der Waals surface area contributed by atoms with Gasteiger partial charge in [-0.1, -0.05) is 20.8 Å². The maximum absolute atomic E-state index is 4.48. The molecule has 2 aromatic rings. The monoisotopic (exact) mass is 336 g/mol. The van der Waals surface area contributed by atoms with Gasteiger partial charge in [0.1, 0.15) is 0 Å². The zero-order valence-electron chi connectivity index (χ0n) is 12.2. The van der Waals surface area contributed by atoms with Crippen molar-refractivity contribution in [1.29, 1.82) is 0 Å². The first-order valence-corrected chi connectivity index (χ1v) is 7.79. The SMILES string of the molecule is CCc1c(CNCC(C)C)cnn1-c1ccc(Br)cn1. The Morgan fingerprint density at radius 3 is 2.70 bits per heavy atom. The molecule has 0 aliphatic heterocycles. The Bertz CT molecular complexity index is 546. The van der Waals surface area contributed by atoms with Crippen molar-refractivity contribution in [2.45, 2.75) is 33.7 Å². The third-order valence-electron chi connectivity index (χ3n) is 3.09. The van der Waals surface area contributed by atoms with Crippen LogP contribution in [-0.2, 0) is 13.0 Å². The molecule has 0 saturated heterocycles. The minimum atomic E-state index is 0.656. The molecule has 2 aromatic heterocycles. The van der Waals surface area contributed by atoms with E-state index in [9.17, 15) is 0 Å². The molecule has 4 nitrogen and oxygen atoms in total. The number of pyridine rings is 1. The molecular formula is C15H21BrN4. The Labute approximate surface area is 128 Å². The van der Waals surface area contributed by atoms with E-state index in [0.29, 0.717) is 5.92 Å². The average molecular weight is 337 g/mol. The first-order chi connectivity index (χ1) is 9.61. The summed E-state index contributed by atoms with van der Waals surface area (Å²) in [6.07, 6.45) is 4.68. The van der Waals surface area contributed by atoms with E-state index in [0.717, 1.165) is 29.8 Å². The Kier molecular flexibility index (Phi) is 5.31. The van der Waals surface area contributed by atoms with E-state index in [2.05, 4.69) is 52.1 Å². The molecule has 0 atom stereocenters. The van der Waals surface area contributed by atoms with Gasteiger partial charge in [0.2, 0.25) is 0 Å². The molecule has 2 heterocycles. The van der Waals surface area contributed by atoms with Crippen molar-refractivity contribution < 1.29 is 0 Å². The Hall–Kier alpha value is -1.20. The summed E-state index contributed by atoms with van der Waals surface area (Å²) in [5, 5.41) is 7.95. The Morgan fingerprint density at radius 1 is 1.30 bits per heavy atom. The van der Waals surface area contributed by atoms with Crippen LogP contribution in [0.15, 0.2) is 29.0 Å². The van der Waals surface area contributed by atoms with E-state index in [1.807, 2.05) is 23.0 Å². The lowest BCUT2D eigenvalue weighted by Crippen LogP contribution is -2.19. The molecule has 2 rings (SSSR count). The number of hydrogen-bond donors (Lipinski definition) is 1. The lowest BCUT2D eigenvalue weighted by Gasteiger charge is -2.09. The first-order valence-electron chi connectivity index (χ1n) is 7.00. The highest BCUT2D eigenvalue weighted by molar-refractivity contribution is 9.10. The number of halogens is 1. The van der Waals surface area contributed by atoms with Gasteiger partial charge in [-0.2, -0.15) is 5.10 Å². The highest BCUT2D eigenvalue weighted by atomic mass is 79.9. The maximum Gasteiger partial charge on any atom is 0.153 e. The van der Waals surface area contributed by atoms with Crippen molar-refractivity contribution >= 4 is 15.9 Å². The van der Waals surface area contributed by atoms with Gasteiger partial charge in [0.25, 0.3) is 0 Å². The summed E-state index contributed by atoms with van der Waals surface area (Å²) >= 11 is 3.40. The second-order valence-electron chi connectivity index (χ2n) is 5.24. The van der Waals surface area contributed by atoms with Gasteiger partial charge in [0, 0.05) is 22.8 Å². The van der Waals surface area contributed by atoms with Crippen LogP contribution in [-0.4, -0.2) is 21.3 Å². The molecule has 0 radical (unpaired) electrons. The maximum atomic E-state index is 4.48. The Balaban J connectivity index is 2.18. The molecule has 0 spiro atoms.